The Bertz CT molecular complexity index is 610. The van der Waals surface area contributed by atoms with Crippen molar-refractivity contribution < 1.29 is 23.8 Å². The number of carbonyl (C=O) groups is 1. The lowest BCUT2D eigenvalue weighted by Gasteiger charge is -2.10. The van der Waals surface area contributed by atoms with Gasteiger partial charge in [0.25, 0.3) is 0 Å². The van der Waals surface area contributed by atoms with E-state index >= 15 is 0 Å². The molecule has 0 aromatic heterocycles. The summed E-state index contributed by atoms with van der Waals surface area (Å²) < 4.78 is 24.2. The van der Waals surface area contributed by atoms with Crippen LogP contribution in [0, 0.1) is 5.82 Å². The molecule has 0 fully saturated rings. The molecule has 0 saturated heterocycles. The van der Waals surface area contributed by atoms with Gasteiger partial charge in [0, 0.05) is 0 Å². The number of methoxy groups -OCH3 is 1. The Morgan fingerprint density at radius 3 is 2.37 bits per heavy atom. The number of hydrogen-bond acceptors (Lipinski definition) is 3. The van der Waals surface area contributed by atoms with E-state index in [4.69, 9.17) is 14.6 Å². The van der Waals surface area contributed by atoms with Crippen molar-refractivity contribution in [2.24, 2.45) is 0 Å². The lowest BCUT2D eigenvalue weighted by molar-refractivity contribution is 0.0696. The number of aromatic carboxylic acids is 1. The van der Waals surface area contributed by atoms with Crippen LogP contribution in [0.4, 0.5) is 4.39 Å². The summed E-state index contributed by atoms with van der Waals surface area (Å²) >= 11 is 0. The zero-order valence-electron chi connectivity index (χ0n) is 10.1. The molecule has 0 aliphatic carbocycles. The molecule has 19 heavy (non-hydrogen) atoms. The molecule has 0 bridgehead atoms. The third-order valence-electron chi connectivity index (χ3n) is 2.47. The number of carboxylic acid groups (broad SMARTS) is 1. The van der Waals surface area contributed by atoms with Crippen LogP contribution < -0.4 is 9.47 Å². The van der Waals surface area contributed by atoms with E-state index in [0.29, 0.717) is 11.5 Å². The summed E-state index contributed by atoms with van der Waals surface area (Å²) in [6.07, 6.45) is 0. The molecule has 0 aliphatic rings. The highest BCUT2D eigenvalue weighted by atomic mass is 19.1. The fourth-order valence-electron chi connectivity index (χ4n) is 1.54. The minimum atomic E-state index is -1.19. The van der Waals surface area contributed by atoms with Crippen LogP contribution in [0.25, 0.3) is 0 Å². The van der Waals surface area contributed by atoms with Crippen LogP contribution in [0.1, 0.15) is 10.4 Å². The lowest BCUT2D eigenvalue weighted by atomic mass is 10.2. The van der Waals surface area contributed by atoms with Gasteiger partial charge in [0.05, 0.1) is 12.7 Å². The molecule has 0 spiro atoms. The van der Waals surface area contributed by atoms with Crippen LogP contribution in [-0.2, 0) is 0 Å². The van der Waals surface area contributed by atoms with E-state index < -0.39 is 11.8 Å². The van der Waals surface area contributed by atoms with Gasteiger partial charge in [-0.3, -0.25) is 0 Å². The molecule has 0 radical (unpaired) electrons. The fraction of sp³-hybridized carbons (Fsp3) is 0.0714. The highest BCUT2D eigenvalue weighted by molar-refractivity contribution is 5.87. The molecular weight excluding hydrogens is 251 g/mol. The molecule has 0 atom stereocenters. The first-order valence-electron chi connectivity index (χ1n) is 5.45. The molecule has 4 nitrogen and oxygen atoms in total. The first-order chi connectivity index (χ1) is 9.11. The van der Waals surface area contributed by atoms with Crippen LogP contribution in [0.3, 0.4) is 0 Å². The third kappa shape index (κ3) is 2.82. The standard InChI is InChI=1S/C14H11FO4/c1-18-12-4-2-3-5-13(12)19-11-7-6-9(14(16)17)8-10(11)15/h2-8H,1H3,(H,16,17). The Kier molecular flexibility index (Phi) is 3.66. The van der Waals surface area contributed by atoms with Gasteiger partial charge < -0.3 is 14.6 Å². The predicted octanol–water partition coefficient (Wildman–Crippen LogP) is 3.32. The van der Waals surface area contributed by atoms with Gasteiger partial charge in [-0.05, 0) is 30.3 Å². The molecular formula is C14H11FO4. The average molecular weight is 262 g/mol. The van der Waals surface area contributed by atoms with Gasteiger partial charge in [-0.15, -0.1) is 0 Å². The van der Waals surface area contributed by atoms with Crippen molar-refractivity contribution in [3.05, 3.63) is 53.8 Å². The Morgan fingerprint density at radius 2 is 1.79 bits per heavy atom. The first kappa shape index (κ1) is 12.9. The van der Waals surface area contributed by atoms with Crippen molar-refractivity contribution >= 4 is 5.97 Å². The predicted molar refractivity (Wildman–Crippen MR) is 66.4 cm³/mol. The van der Waals surface area contributed by atoms with Crippen molar-refractivity contribution in [3.8, 4) is 17.2 Å². The summed E-state index contributed by atoms with van der Waals surface area (Å²) in [7, 11) is 1.48. The summed E-state index contributed by atoms with van der Waals surface area (Å²) in [6.45, 7) is 0. The Labute approximate surface area is 109 Å². The van der Waals surface area contributed by atoms with Gasteiger partial charge in [0.15, 0.2) is 23.1 Å². The van der Waals surface area contributed by atoms with Crippen molar-refractivity contribution in [2.75, 3.05) is 7.11 Å². The zero-order chi connectivity index (χ0) is 13.8. The Hall–Kier alpha value is -2.56. The molecule has 0 unspecified atom stereocenters. The molecule has 5 heteroatoms. The van der Waals surface area contributed by atoms with Crippen LogP contribution >= 0.6 is 0 Å². The molecule has 0 saturated carbocycles. The maximum absolute atomic E-state index is 13.7. The summed E-state index contributed by atoms with van der Waals surface area (Å²) in [5.74, 6) is -1.18. The van der Waals surface area contributed by atoms with Gasteiger partial charge in [-0.25, -0.2) is 9.18 Å². The van der Waals surface area contributed by atoms with E-state index in [1.807, 2.05) is 0 Å². The normalized spacial score (nSPS) is 10.0. The summed E-state index contributed by atoms with van der Waals surface area (Å²) in [5.41, 5.74) is -0.134. The molecule has 0 aliphatic heterocycles. The van der Waals surface area contributed by atoms with Crippen LogP contribution in [0.15, 0.2) is 42.5 Å². The van der Waals surface area contributed by atoms with Crippen LogP contribution in [-0.4, -0.2) is 18.2 Å². The van der Waals surface area contributed by atoms with Gasteiger partial charge in [0.2, 0.25) is 0 Å². The topological polar surface area (TPSA) is 55.8 Å². The molecule has 2 rings (SSSR count). The van der Waals surface area contributed by atoms with E-state index in [1.54, 1.807) is 24.3 Å². The highest BCUT2D eigenvalue weighted by Crippen LogP contribution is 2.32. The fourth-order valence-corrected chi connectivity index (χ4v) is 1.54. The van der Waals surface area contributed by atoms with Crippen LogP contribution in [0.2, 0.25) is 0 Å². The van der Waals surface area contributed by atoms with Gasteiger partial charge in [-0.2, -0.15) is 0 Å². The van der Waals surface area contributed by atoms with E-state index in [9.17, 15) is 9.18 Å². The molecule has 2 aromatic carbocycles. The van der Waals surface area contributed by atoms with Crippen molar-refractivity contribution in [2.45, 2.75) is 0 Å². The first-order valence-corrected chi connectivity index (χ1v) is 5.45. The summed E-state index contributed by atoms with van der Waals surface area (Å²) in [5, 5.41) is 8.74. The van der Waals surface area contributed by atoms with Gasteiger partial charge in [-0.1, -0.05) is 12.1 Å². The zero-order valence-corrected chi connectivity index (χ0v) is 10.1. The molecule has 0 heterocycles. The van der Waals surface area contributed by atoms with E-state index in [-0.39, 0.29) is 11.3 Å². The monoisotopic (exact) mass is 262 g/mol. The second-order valence-corrected chi connectivity index (χ2v) is 3.70. The second kappa shape index (κ2) is 5.39. The quantitative estimate of drug-likeness (QED) is 0.918. The minimum Gasteiger partial charge on any atom is -0.493 e. The summed E-state index contributed by atoms with van der Waals surface area (Å²) in [4.78, 5) is 10.7. The number of benzene rings is 2. The molecule has 2 aromatic rings. The number of hydrogen-bond donors (Lipinski definition) is 1. The number of carboxylic acids is 1. The second-order valence-electron chi connectivity index (χ2n) is 3.70. The molecule has 1 N–H and O–H groups in total. The van der Waals surface area contributed by atoms with E-state index in [0.717, 1.165) is 6.07 Å². The van der Waals surface area contributed by atoms with Crippen molar-refractivity contribution in [3.63, 3.8) is 0 Å². The average Bonchev–Trinajstić information content (AvgIpc) is 2.41. The maximum Gasteiger partial charge on any atom is 0.335 e. The Morgan fingerprint density at radius 1 is 1.11 bits per heavy atom. The van der Waals surface area contributed by atoms with Crippen molar-refractivity contribution in [1.82, 2.24) is 0 Å². The molecule has 98 valence electrons. The van der Waals surface area contributed by atoms with E-state index in [1.165, 1.54) is 19.2 Å². The molecule has 0 amide bonds. The lowest BCUT2D eigenvalue weighted by Crippen LogP contribution is -1.98. The third-order valence-corrected chi connectivity index (χ3v) is 2.47. The number of para-hydroxylation sites is 2. The van der Waals surface area contributed by atoms with Gasteiger partial charge >= 0.3 is 5.97 Å². The van der Waals surface area contributed by atoms with Crippen LogP contribution in [0.5, 0.6) is 17.2 Å². The van der Waals surface area contributed by atoms with Crippen molar-refractivity contribution in [1.29, 1.82) is 0 Å². The minimum absolute atomic E-state index is 0.0606. The van der Waals surface area contributed by atoms with E-state index in [2.05, 4.69) is 0 Å². The summed E-state index contributed by atoms with van der Waals surface area (Å²) in [6, 6.07) is 10.2. The number of halogens is 1. The maximum atomic E-state index is 13.7. The Balaban J connectivity index is 2.31. The largest absolute Gasteiger partial charge is 0.493 e. The number of ether oxygens (including phenoxy) is 2. The highest BCUT2D eigenvalue weighted by Gasteiger charge is 2.11. The number of rotatable bonds is 4. The SMILES string of the molecule is COc1ccccc1Oc1ccc(C(=O)O)cc1F. The smallest absolute Gasteiger partial charge is 0.335 e. The van der Waals surface area contributed by atoms with Gasteiger partial charge in [0.1, 0.15) is 0 Å².